The van der Waals surface area contributed by atoms with Crippen LogP contribution < -0.4 is 5.32 Å². The molecule has 1 N–H and O–H groups in total. The van der Waals surface area contributed by atoms with Crippen molar-refractivity contribution in [3.8, 4) is 11.1 Å². The van der Waals surface area contributed by atoms with Gasteiger partial charge in [0.05, 0.1) is 0 Å². The third-order valence-corrected chi connectivity index (χ3v) is 4.36. The molecule has 0 saturated carbocycles. The summed E-state index contributed by atoms with van der Waals surface area (Å²) in [4.78, 5) is 2.57. The third-order valence-electron chi connectivity index (χ3n) is 4.36. The van der Waals surface area contributed by atoms with Crippen LogP contribution in [0, 0.1) is 0 Å². The molecule has 1 heterocycles. The average Bonchev–Trinajstić information content (AvgIpc) is 2.61. The van der Waals surface area contributed by atoms with Gasteiger partial charge >= 0.3 is 0 Å². The summed E-state index contributed by atoms with van der Waals surface area (Å²) >= 11 is 0. The molecule has 0 aromatic heterocycles. The van der Waals surface area contributed by atoms with Crippen LogP contribution in [-0.4, -0.2) is 31.1 Å². The molecule has 24 heavy (non-hydrogen) atoms. The number of hydrogen-bond donors (Lipinski definition) is 1. The maximum Gasteiger partial charge on any atom is 0.0383 e. The van der Waals surface area contributed by atoms with Gasteiger partial charge in [0.15, 0.2) is 0 Å². The smallest absolute Gasteiger partial charge is 0.0383 e. The van der Waals surface area contributed by atoms with E-state index < -0.39 is 0 Å². The van der Waals surface area contributed by atoms with Crippen LogP contribution in [0.1, 0.15) is 18.0 Å². The van der Waals surface area contributed by atoms with E-state index in [1.807, 2.05) is 6.08 Å². The standard InChI is InChI=1S/C20H24N2.2ClH/c1-2-7-20(22-14-12-21-13-15-22)19-11-6-10-18(16-19)17-8-4-3-5-9-17;;/h2-6,8-11,16,20-21H,1,7,12-15H2;2*1H/t20-;;/m0../s1. The van der Waals surface area contributed by atoms with Gasteiger partial charge < -0.3 is 5.32 Å². The van der Waals surface area contributed by atoms with Crippen molar-refractivity contribution in [2.24, 2.45) is 0 Å². The second kappa shape index (κ2) is 10.5. The van der Waals surface area contributed by atoms with Gasteiger partial charge in [-0.25, -0.2) is 0 Å². The lowest BCUT2D eigenvalue weighted by Gasteiger charge is -2.35. The highest BCUT2D eigenvalue weighted by molar-refractivity contribution is 5.85. The van der Waals surface area contributed by atoms with Crippen LogP contribution in [0.5, 0.6) is 0 Å². The lowest BCUT2D eigenvalue weighted by atomic mass is 9.96. The quantitative estimate of drug-likeness (QED) is 0.772. The molecular weight excluding hydrogens is 339 g/mol. The first kappa shape index (κ1) is 20.7. The Labute approximate surface area is 157 Å². The fourth-order valence-electron chi connectivity index (χ4n) is 3.20. The Hall–Kier alpha value is -1.32. The minimum atomic E-state index is 0. The van der Waals surface area contributed by atoms with Crippen molar-refractivity contribution in [1.29, 1.82) is 0 Å². The van der Waals surface area contributed by atoms with Gasteiger partial charge in [-0.2, -0.15) is 0 Å². The maximum atomic E-state index is 3.96. The van der Waals surface area contributed by atoms with E-state index in [0.717, 1.165) is 32.6 Å². The Kier molecular flexibility index (Phi) is 9.09. The summed E-state index contributed by atoms with van der Waals surface area (Å²) in [5, 5.41) is 3.43. The van der Waals surface area contributed by atoms with E-state index in [2.05, 4.69) is 71.4 Å². The second-order valence-electron chi connectivity index (χ2n) is 5.82. The summed E-state index contributed by atoms with van der Waals surface area (Å²) in [5.41, 5.74) is 3.97. The highest BCUT2D eigenvalue weighted by atomic mass is 35.5. The van der Waals surface area contributed by atoms with Crippen molar-refractivity contribution in [3.63, 3.8) is 0 Å². The number of nitrogens with zero attached hydrogens (tertiary/aromatic N) is 1. The van der Waals surface area contributed by atoms with Crippen molar-refractivity contribution in [1.82, 2.24) is 10.2 Å². The Morgan fingerprint density at radius 2 is 1.62 bits per heavy atom. The van der Waals surface area contributed by atoms with Gasteiger partial charge in [0.1, 0.15) is 0 Å². The minimum Gasteiger partial charge on any atom is -0.314 e. The first-order valence-corrected chi connectivity index (χ1v) is 8.09. The first-order chi connectivity index (χ1) is 10.9. The monoisotopic (exact) mass is 364 g/mol. The van der Waals surface area contributed by atoms with E-state index in [1.54, 1.807) is 0 Å². The van der Waals surface area contributed by atoms with Crippen molar-refractivity contribution < 1.29 is 0 Å². The molecular formula is C20H26Cl2N2. The molecule has 2 nitrogen and oxygen atoms in total. The maximum absolute atomic E-state index is 3.96. The molecule has 0 spiro atoms. The van der Waals surface area contributed by atoms with Crippen LogP contribution >= 0.6 is 24.8 Å². The normalized spacial score (nSPS) is 15.7. The molecule has 4 heteroatoms. The molecule has 1 atom stereocenters. The van der Waals surface area contributed by atoms with E-state index in [0.29, 0.717) is 6.04 Å². The lowest BCUT2D eigenvalue weighted by Crippen LogP contribution is -2.45. The van der Waals surface area contributed by atoms with Gasteiger partial charge in [-0.3, -0.25) is 4.90 Å². The minimum absolute atomic E-state index is 0. The van der Waals surface area contributed by atoms with Gasteiger partial charge in [-0.1, -0.05) is 54.6 Å². The number of nitrogens with one attached hydrogen (secondary N) is 1. The van der Waals surface area contributed by atoms with E-state index in [4.69, 9.17) is 0 Å². The molecule has 3 rings (SSSR count). The predicted octanol–water partition coefficient (Wildman–Crippen LogP) is 4.72. The van der Waals surface area contributed by atoms with Crippen molar-refractivity contribution in [3.05, 3.63) is 72.8 Å². The summed E-state index contributed by atoms with van der Waals surface area (Å²) < 4.78 is 0. The molecule has 2 aromatic rings. The summed E-state index contributed by atoms with van der Waals surface area (Å²) in [6.07, 6.45) is 3.04. The van der Waals surface area contributed by atoms with Gasteiger partial charge in [0.2, 0.25) is 0 Å². The van der Waals surface area contributed by atoms with Crippen molar-refractivity contribution in [2.45, 2.75) is 12.5 Å². The number of piperazine rings is 1. The van der Waals surface area contributed by atoms with Crippen molar-refractivity contribution in [2.75, 3.05) is 26.2 Å². The molecule has 130 valence electrons. The molecule has 0 aliphatic carbocycles. The molecule has 0 amide bonds. The molecule has 1 saturated heterocycles. The van der Waals surface area contributed by atoms with Crippen molar-refractivity contribution >= 4 is 24.8 Å². The molecule has 0 bridgehead atoms. The zero-order valence-electron chi connectivity index (χ0n) is 13.9. The lowest BCUT2D eigenvalue weighted by molar-refractivity contribution is 0.174. The first-order valence-electron chi connectivity index (χ1n) is 8.09. The number of halogens is 2. The van der Waals surface area contributed by atoms with Crippen LogP contribution in [-0.2, 0) is 0 Å². The summed E-state index contributed by atoms with van der Waals surface area (Å²) in [5.74, 6) is 0. The average molecular weight is 365 g/mol. The molecule has 2 aromatic carbocycles. The number of benzene rings is 2. The Morgan fingerprint density at radius 3 is 2.29 bits per heavy atom. The third kappa shape index (κ3) is 5.09. The molecule has 0 unspecified atom stereocenters. The largest absolute Gasteiger partial charge is 0.314 e. The van der Waals surface area contributed by atoms with Crippen LogP contribution in [0.2, 0.25) is 0 Å². The van der Waals surface area contributed by atoms with E-state index in [9.17, 15) is 0 Å². The van der Waals surface area contributed by atoms with Crippen LogP contribution in [0.3, 0.4) is 0 Å². The summed E-state index contributed by atoms with van der Waals surface area (Å²) in [6, 6.07) is 20.0. The number of hydrogen-bond acceptors (Lipinski definition) is 2. The Morgan fingerprint density at radius 1 is 0.958 bits per heavy atom. The van der Waals surface area contributed by atoms with E-state index in [1.165, 1.54) is 16.7 Å². The van der Waals surface area contributed by atoms with Gasteiger partial charge in [-0.05, 0) is 29.2 Å². The van der Waals surface area contributed by atoms with Gasteiger partial charge in [-0.15, -0.1) is 31.4 Å². The molecule has 0 radical (unpaired) electrons. The molecule has 1 aliphatic heterocycles. The predicted molar refractivity (Wildman–Crippen MR) is 108 cm³/mol. The van der Waals surface area contributed by atoms with Gasteiger partial charge in [0.25, 0.3) is 0 Å². The van der Waals surface area contributed by atoms with Crippen LogP contribution in [0.25, 0.3) is 11.1 Å². The highest BCUT2D eigenvalue weighted by Crippen LogP contribution is 2.29. The van der Waals surface area contributed by atoms with E-state index in [-0.39, 0.29) is 24.8 Å². The summed E-state index contributed by atoms with van der Waals surface area (Å²) in [7, 11) is 0. The van der Waals surface area contributed by atoms with E-state index >= 15 is 0 Å². The Balaban J connectivity index is 0.00000144. The van der Waals surface area contributed by atoms with Crippen LogP contribution in [0.15, 0.2) is 67.3 Å². The fourth-order valence-corrected chi connectivity index (χ4v) is 3.20. The second-order valence-corrected chi connectivity index (χ2v) is 5.82. The number of rotatable bonds is 5. The molecule has 1 fully saturated rings. The zero-order valence-corrected chi connectivity index (χ0v) is 15.5. The molecule has 1 aliphatic rings. The highest BCUT2D eigenvalue weighted by Gasteiger charge is 2.21. The Bertz CT molecular complexity index is 610. The zero-order chi connectivity index (χ0) is 15.2. The fraction of sp³-hybridized carbons (Fsp3) is 0.300. The topological polar surface area (TPSA) is 15.3 Å². The van der Waals surface area contributed by atoms with Gasteiger partial charge in [0, 0.05) is 32.2 Å². The SMILES string of the molecule is C=CC[C@@H](c1cccc(-c2ccccc2)c1)N1CCNCC1.Cl.Cl. The summed E-state index contributed by atoms with van der Waals surface area (Å²) in [6.45, 7) is 8.32. The van der Waals surface area contributed by atoms with Crippen LogP contribution in [0.4, 0.5) is 0 Å².